The van der Waals surface area contributed by atoms with Crippen LogP contribution >= 0.6 is 48.3 Å². The molecule has 0 atom stereocenters. The Kier molecular flexibility index (Phi) is 15.1. The molecule has 2 radical (unpaired) electrons. The van der Waals surface area contributed by atoms with Crippen molar-refractivity contribution in [3.05, 3.63) is 0 Å². The molecule has 12 heteroatoms. The summed E-state index contributed by atoms with van der Waals surface area (Å²) in [5, 5.41) is 7.56. The van der Waals surface area contributed by atoms with Crippen LogP contribution in [-0.2, 0) is 18.9 Å². The van der Waals surface area contributed by atoms with Gasteiger partial charge < -0.3 is 19.3 Å². The molecule has 0 amide bonds. The second-order valence-electron chi connectivity index (χ2n) is 5.24. The lowest BCUT2D eigenvalue weighted by molar-refractivity contribution is -0.134. The van der Waals surface area contributed by atoms with Gasteiger partial charge in [0.1, 0.15) is 37.1 Å². The summed E-state index contributed by atoms with van der Waals surface area (Å²) < 4.78 is 24.0. The standard InChI is InChI=1S/C14H28N4O4S4/c15-25-13(23)17-1-5-19-9-10-21-7-3-18(14(24)26-16)4-8-22-12-11-20-6-2-17/h1-12,15-16H2/q+2/p+2. The van der Waals surface area contributed by atoms with Crippen molar-refractivity contribution in [2.24, 2.45) is 0 Å². The zero-order chi connectivity index (χ0) is 19.0. The monoisotopic (exact) mass is 446 g/mol. The van der Waals surface area contributed by atoms with Crippen LogP contribution in [0.1, 0.15) is 0 Å². The molecule has 0 aromatic rings. The maximum absolute atomic E-state index is 5.63. The molecule has 150 valence electrons. The zero-order valence-electron chi connectivity index (χ0n) is 15.1. The minimum atomic E-state index is 0.548. The Bertz CT molecular complexity index is 353. The first-order valence-electron chi connectivity index (χ1n) is 8.42. The van der Waals surface area contributed by atoms with E-state index < -0.39 is 0 Å². The summed E-state index contributed by atoms with van der Waals surface area (Å²) in [5.74, 6) is 0. The number of quaternary nitrogens is 2. The minimum absolute atomic E-state index is 0.548. The summed E-state index contributed by atoms with van der Waals surface area (Å²) >= 11 is 13.3. The Labute approximate surface area is 174 Å². The van der Waals surface area contributed by atoms with E-state index in [0.29, 0.717) is 79.0 Å². The number of thiocarbonyl (C=S) groups is 2. The van der Waals surface area contributed by atoms with E-state index in [-0.39, 0.29) is 0 Å². The van der Waals surface area contributed by atoms with Gasteiger partial charge in [-0.15, -0.1) is 9.47 Å². The lowest BCUT2D eigenvalue weighted by Crippen LogP contribution is -2.45. The molecule has 0 aromatic carbocycles. The van der Waals surface area contributed by atoms with Gasteiger partial charge in [-0.25, -0.2) is 0 Å². The third-order valence-corrected chi connectivity index (χ3v) is 5.76. The van der Waals surface area contributed by atoms with Crippen molar-refractivity contribution in [3.8, 4) is 0 Å². The van der Waals surface area contributed by atoms with E-state index in [4.69, 9.17) is 43.4 Å². The predicted octanol–water partition coefficient (Wildman–Crippen LogP) is -0.980. The molecule has 0 aromatic heterocycles. The fourth-order valence-corrected chi connectivity index (χ4v) is 3.21. The van der Waals surface area contributed by atoms with Crippen molar-refractivity contribution in [3.63, 3.8) is 0 Å². The lowest BCUT2D eigenvalue weighted by Gasteiger charge is -2.22. The summed E-state index contributed by atoms with van der Waals surface area (Å²) in [6.07, 6.45) is 0. The van der Waals surface area contributed by atoms with Crippen molar-refractivity contribution in [1.82, 2.24) is 9.80 Å². The minimum Gasteiger partial charge on any atom is -0.371 e. The highest BCUT2D eigenvalue weighted by Crippen LogP contribution is 2.02. The van der Waals surface area contributed by atoms with E-state index in [1.807, 2.05) is 9.80 Å². The molecule has 1 rings (SSSR count). The first-order chi connectivity index (χ1) is 12.7. The van der Waals surface area contributed by atoms with E-state index >= 15 is 0 Å². The Morgan fingerprint density at radius 2 is 1.12 bits per heavy atom. The fraction of sp³-hybridized carbons (Fsp3) is 0.857. The van der Waals surface area contributed by atoms with Crippen molar-refractivity contribution in [2.75, 3.05) is 79.0 Å². The smallest absolute Gasteiger partial charge is 0.243 e. The summed E-state index contributed by atoms with van der Waals surface area (Å²) in [6, 6.07) is 0. The van der Waals surface area contributed by atoms with Crippen molar-refractivity contribution in [2.45, 2.75) is 0 Å². The molecule has 0 saturated carbocycles. The molecule has 0 aliphatic carbocycles. The first kappa shape index (κ1) is 24.3. The normalized spacial score (nSPS) is 20.2. The Balaban J connectivity index is 2.43. The van der Waals surface area contributed by atoms with Gasteiger partial charge in [-0.2, -0.15) is 0 Å². The maximum atomic E-state index is 5.63. The van der Waals surface area contributed by atoms with Crippen LogP contribution in [0.15, 0.2) is 0 Å². The third kappa shape index (κ3) is 11.2. The van der Waals surface area contributed by atoms with Gasteiger partial charge >= 0.3 is 0 Å². The Morgan fingerprint density at radius 3 is 1.54 bits per heavy atom. The SMILES string of the molecule is [NH3+]SC(=S)N1CCOCC[O+]CCN(C(=S)S[NH3+])CC[O+]CCOCC1. The molecule has 1 saturated heterocycles. The molecular formula is C14H30N4O4S4+4. The quantitative estimate of drug-likeness (QED) is 0.274. The number of hydrogen-bond donors (Lipinski definition) is 2. The van der Waals surface area contributed by atoms with Crippen LogP contribution in [0.2, 0.25) is 0 Å². The highest BCUT2D eigenvalue weighted by Gasteiger charge is 2.17. The van der Waals surface area contributed by atoms with Gasteiger partial charge in [-0.1, -0.05) is 0 Å². The third-order valence-electron chi connectivity index (χ3n) is 3.53. The van der Waals surface area contributed by atoms with E-state index in [1.165, 1.54) is 23.9 Å². The van der Waals surface area contributed by atoms with Gasteiger partial charge in [0, 0.05) is 13.1 Å². The molecule has 1 heterocycles. The average molecular weight is 447 g/mol. The maximum Gasteiger partial charge on any atom is 0.243 e. The van der Waals surface area contributed by atoms with Crippen molar-refractivity contribution < 1.29 is 29.2 Å². The van der Waals surface area contributed by atoms with E-state index in [2.05, 4.69) is 10.3 Å². The fourth-order valence-electron chi connectivity index (χ4n) is 2.11. The van der Waals surface area contributed by atoms with Crippen LogP contribution in [0, 0.1) is 0 Å². The first-order valence-corrected chi connectivity index (χ1v) is 11.2. The van der Waals surface area contributed by atoms with Gasteiger partial charge in [-0.05, 0) is 24.4 Å². The highest BCUT2D eigenvalue weighted by molar-refractivity contribution is 8.18. The molecular weight excluding hydrogens is 416 g/mol. The van der Waals surface area contributed by atoms with E-state index in [0.717, 1.165) is 8.64 Å². The molecule has 1 aliphatic heterocycles. The highest BCUT2D eigenvalue weighted by atomic mass is 32.2. The molecule has 0 bridgehead atoms. The zero-order valence-corrected chi connectivity index (χ0v) is 18.3. The molecule has 0 unspecified atom stereocenters. The van der Waals surface area contributed by atoms with Crippen LogP contribution in [0.4, 0.5) is 0 Å². The van der Waals surface area contributed by atoms with Crippen LogP contribution in [0.5, 0.6) is 0 Å². The van der Waals surface area contributed by atoms with Gasteiger partial charge in [0.05, 0.1) is 26.3 Å². The summed E-state index contributed by atoms with van der Waals surface area (Å²) in [6.45, 7) is 7.38. The largest absolute Gasteiger partial charge is 0.371 e. The van der Waals surface area contributed by atoms with Gasteiger partial charge in [-0.3, -0.25) is 10.3 Å². The molecule has 26 heavy (non-hydrogen) atoms. The number of rotatable bonds is 0. The summed E-state index contributed by atoms with van der Waals surface area (Å²) in [5.41, 5.74) is 0. The van der Waals surface area contributed by atoms with Crippen LogP contribution in [0.25, 0.3) is 0 Å². The van der Waals surface area contributed by atoms with Gasteiger partial charge in [0.25, 0.3) is 0 Å². The molecule has 1 fully saturated rings. The average Bonchev–Trinajstić information content (AvgIpc) is 2.66. The second kappa shape index (κ2) is 16.2. The molecule has 0 spiro atoms. The van der Waals surface area contributed by atoms with E-state index in [1.54, 1.807) is 0 Å². The Hall–Kier alpha value is 0.240. The summed E-state index contributed by atoms with van der Waals surface area (Å²) in [4.78, 5) is 4.10. The number of ether oxygens (including phenoxy) is 4. The number of nitrogens with zero attached hydrogens (tertiary/aromatic N) is 2. The van der Waals surface area contributed by atoms with E-state index in [9.17, 15) is 0 Å². The van der Waals surface area contributed by atoms with Crippen LogP contribution in [0.3, 0.4) is 0 Å². The van der Waals surface area contributed by atoms with Crippen LogP contribution < -0.4 is 10.3 Å². The Morgan fingerprint density at radius 1 is 0.692 bits per heavy atom. The van der Waals surface area contributed by atoms with Crippen molar-refractivity contribution in [1.29, 1.82) is 0 Å². The topological polar surface area (TPSA) is 103 Å². The van der Waals surface area contributed by atoms with Crippen LogP contribution in [-0.4, -0.2) is 97.5 Å². The van der Waals surface area contributed by atoms with Gasteiger partial charge in [0.2, 0.25) is 26.4 Å². The molecule has 1 aliphatic rings. The number of hydrogen-bond acceptors (Lipinski definition) is 8. The lowest BCUT2D eigenvalue weighted by atomic mass is 10.5. The second-order valence-corrected chi connectivity index (χ2v) is 7.89. The summed E-state index contributed by atoms with van der Waals surface area (Å²) in [7, 11) is 0. The molecule has 6 N–H and O–H groups in total. The van der Waals surface area contributed by atoms with Crippen molar-refractivity contribution >= 4 is 57.0 Å². The molecule has 8 nitrogen and oxygen atoms in total. The predicted molar refractivity (Wildman–Crippen MR) is 113 cm³/mol. The van der Waals surface area contributed by atoms with Gasteiger partial charge in [0.15, 0.2) is 8.64 Å².